The van der Waals surface area contributed by atoms with Gasteiger partial charge in [-0.3, -0.25) is 9.97 Å². The van der Waals surface area contributed by atoms with Crippen LogP contribution in [0.2, 0.25) is 0 Å². The van der Waals surface area contributed by atoms with Crippen molar-refractivity contribution >= 4 is 43.6 Å². The van der Waals surface area contributed by atoms with E-state index in [1.807, 2.05) is 84.9 Å². The summed E-state index contributed by atoms with van der Waals surface area (Å²) in [6.07, 6.45) is -1.83. The zero-order valence-corrected chi connectivity index (χ0v) is 36.8. The number of nitrogens with zero attached hydrogens (tertiary/aromatic N) is 4. The van der Waals surface area contributed by atoms with Crippen LogP contribution in [0.3, 0.4) is 0 Å². The maximum Gasteiger partial charge on any atom is 0.416 e. The Labute approximate surface area is 399 Å². The van der Waals surface area contributed by atoms with E-state index in [2.05, 4.69) is 9.97 Å². The van der Waals surface area contributed by atoms with Crippen LogP contribution in [0.25, 0.3) is 111 Å². The molecular formula is C59H32F8N4. The van der Waals surface area contributed by atoms with E-state index in [0.717, 1.165) is 11.1 Å². The summed E-state index contributed by atoms with van der Waals surface area (Å²) in [7, 11) is 0. The average Bonchev–Trinajstić information content (AvgIpc) is 3.92. The van der Waals surface area contributed by atoms with Gasteiger partial charge in [-0.1, -0.05) is 133 Å². The van der Waals surface area contributed by atoms with Gasteiger partial charge in [0.1, 0.15) is 0 Å². The minimum absolute atomic E-state index is 0.275. The number of hydrogen-bond donors (Lipinski definition) is 0. The van der Waals surface area contributed by atoms with E-state index in [4.69, 9.17) is 0 Å². The molecule has 4 aromatic heterocycles. The molecule has 0 amide bonds. The third-order valence-electron chi connectivity index (χ3n) is 13.0. The zero-order valence-electron chi connectivity index (χ0n) is 36.8. The molecule has 0 N–H and O–H groups in total. The number of halogens is 8. The van der Waals surface area contributed by atoms with Gasteiger partial charge in [-0.15, -0.1) is 0 Å². The number of pyridine rings is 2. The molecule has 4 heterocycles. The highest BCUT2D eigenvalue weighted by Crippen LogP contribution is 2.48. The van der Waals surface area contributed by atoms with Gasteiger partial charge in [-0.05, 0) is 59.7 Å². The Balaban J connectivity index is 1.24. The van der Waals surface area contributed by atoms with Crippen LogP contribution in [0.1, 0.15) is 5.56 Å². The van der Waals surface area contributed by atoms with Crippen LogP contribution < -0.4 is 0 Å². The fourth-order valence-corrected chi connectivity index (χ4v) is 9.93. The molecule has 0 atom stereocenters. The van der Waals surface area contributed by atoms with Crippen LogP contribution in [0.15, 0.2) is 194 Å². The van der Waals surface area contributed by atoms with Gasteiger partial charge >= 0.3 is 6.18 Å². The molecule has 8 aromatic carbocycles. The van der Waals surface area contributed by atoms with E-state index in [1.165, 1.54) is 9.13 Å². The Kier molecular flexibility index (Phi) is 10.2. The molecule has 12 aromatic rings. The summed E-state index contributed by atoms with van der Waals surface area (Å²) < 4.78 is 131. The maximum absolute atomic E-state index is 16.9. The van der Waals surface area contributed by atoms with Gasteiger partial charge in [-0.2, -0.15) is 13.2 Å². The lowest BCUT2D eigenvalue weighted by molar-refractivity contribution is -0.137. The topological polar surface area (TPSA) is 35.6 Å². The molecule has 4 nitrogen and oxygen atoms in total. The fraction of sp³-hybridized carbons (Fsp3) is 0.0169. The summed E-state index contributed by atoms with van der Waals surface area (Å²) in [5, 5.41) is 2.14. The normalized spacial score (nSPS) is 11.9. The van der Waals surface area contributed by atoms with Crippen LogP contribution in [0.5, 0.6) is 0 Å². The van der Waals surface area contributed by atoms with Gasteiger partial charge in [0.2, 0.25) is 5.82 Å². The van der Waals surface area contributed by atoms with Gasteiger partial charge in [-0.25, -0.2) is 22.0 Å². The second-order valence-electron chi connectivity index (χ2n) is 17.0. The predicted molar refractivity (Wildman–Crippen MR) is 263 cm³/mol. The maximum atomic E-state index is 16.9. The van der Waals surface area contributed by atoms with Crippen molar-refractivity contribution in [1.29, 1.82) is 0 Å². The largest absolute Gasteiger partial charge is 0.416 e. The fourth-order valence-electron chi connectivity index (χ4n) is 9.93. The first-order valence-electron chi connectivity index (χ1n) is 22.3. The van der Waals surface area contributed by atoms with E-state index in [9.17, 15) is 0 Å². The van der Waals surface area contributed by atoms with Crippen molar-refractivity contribution in [1.82, 2.24) is 19.1 Å². The van der Waals surface area contributed by atoms with E-state index in [1.54, 1.807) is 97.3 Å². The molecule has 0 saturated heterocycles. The molecule has 0 fully saturated rings. The Morgan fingerprint density at radius 3 is 1.17 bits per heavy atom. The van der Waals surface area contributed by atoms with Crippen molar-refractivity contribution in [2.45, 2.75) is 6.18 Å². The van der Waals surface area contributed by atoms with E-state index < -0.39 is 63.3 Å². The number of benzene rings is 8. The lowest BCUT2D eigenvalue weighted by Crippen LogP contribution is -2.13. The minimum atomic E-state index is -5.10. The molecule has 0 aliphatic carbocycles. The number of fused-ring (bicyclic) bond motifs is 6. The predicted octanol–water partition coefficient (Wildman–Crippen LogP) is 16.7. The van der Waals surface area contributed by atoms with Crippen LogP contribution in [0, 0.1) is 29.1 Å². The molecule has 71 heavy (non-hydrogen) atoms. The van der Waals surface area contributed by atoms with Crippen LogP contribution in [0.4, 0.5) is 35.1 Å². The van der Waals surface area contributed by atoms with Gasteiger partial charge in [0.05, 0.1) is 56.0 Å². The van der Waals surface area contributed by atoms with Crippen molar-refractivity contribution in [3.8, 4) is 67.3 Å². The molecule has 0 saturated carbocycles. The lowest BCUT2D eigenvalue weighted by Gasteiger charge is -2.23. The molecule has 0 unspecified atom stereocenters. The second kappa shape index (κ2) is 16.7. The first kappa shape index (κ1) is 43.4. The monoisotopic (exact) mass is 948 g/mol. The van der Waals surface area contributed by atoms with Crippen LogP contribution in [-0.4, -0.2) is 19.1 Å². The van der Waals surface area contributed by atoms with E-state index in [-0.39, 0.29) is 11.0 Å². The Morgan fingerprint density at radius 2 is 0.732 bits per heavy atom. The highest BCUT2D eigenvalue weighted by Gasteiger charge is 2.37. The molecule has 0 aliphatic rings. The number of aromatic nitrogens is 4. The summed E-state index contributed by atoms with van der Waals surface area (Å²) in [6.45, 7) is 0. The number of para-hydroxylation sites is 2. The first-order valence-corrected chi connectivity index (χ1v) is 22.3. The Morgan fingerprint density at radius 1 is 0.338 bits per heavy atom. The third kappa shape index (κ3) is 6.96. The SMILES string of the molecule is Fc1c(F)c(F)c(-c2c(-n3c4ccccc4c4ccc(-c5cccnc5-c5ccccc5)cc43)cc(C(F)(F)F)cc2-n2c3ccccc3c3ccc(-c4cccnc4-c4ccccc4)cc32)c(F)c1F. The first-order chi connectivity index (χ1) is 34.5. The molecule has 0 spiro atoms. The van der Waals surface area contributed by atoms with E-state index in [0.29, 0.717) is 78.4 Å². The van der Waals surface area contributed by atoms with Crippen molar-refractivity contribution in [3.05, 3.63) is 229 Å². The molecule has 344 valence electrons. The summed E-state index contributed by atoms with van der Waals surface area (Å²) in [5.74, 6) is -11.4. The van der Waals surface area contributed by atoms with Gasteiger partial charge in [0, 0.05) is 61.8 Å². The average molecular weight is 949 g/mol. The standard InChI is InChI=1S/C59H32F8N4/c60-52-51(53(61)55(63)56(64)54(52)62)50-48(70-44-21-9-7-17-40(44)42-25-23-35(29-46(42)70)38-19-11-27-68-57(38)33-13-3-1-4-14-33)31-37(59(65,66)67)32-49(50)71-45-22-10-8-18-41(45)43-26-24-36(30-47(43)71)39-20-12-28-69-58(39)34-15-5-2-6-16-34/h1-32H. The number of rotatable bonds is 7. The summed E-state index contributed by atoms with van der Waals surface area (Å²) in [6, 6.07) is 51.5. The van der Waals surface area contributed by atoms with Gasteiger partial charge in [0.15, 0.2) is 23.3 Å². The molecule has 12 heteroatoms. The van der Waals surface area contributed by atoms with Crippen LogP contribution >= 0.6 is 0 Å². The molecule has 12 rings (SSSR count). The summed E-state index contributed by atoms with van der Waals surface area (Å²) in [5.41, 5.74) is 2.03. The molecular weight excluding hydrogens is 917 g/mol. The summed E-state index contributed by atoms with van der Waals surface area (Å²) in [4.78, 5) is 9.35. The minimum Gasteiger partial charge on any atom is -0.308 e. The second-order valence-corrected chi connectivity index (χ2v) is 17.0. The zero-order chi connectivity index (χ0) is 48.7. The van der Waals surface area contributed by atoms with Crippen molar-refractivity contribution < 1.29 is 35.1 Å². The molecule has 0 radical (unpaired) electrons. The van der Waals surface area contributed by atoms with Crippen molar-refractivity contribution in [2.75, 3.05) is 0 Å². The smallest absolute Gasteiger partial charge is 0.308 e. The van der Waals surface area contributed by atoms with Crippen molar-refractivity contribution in [3.63, 3.8) is 0 Å². The highest BCUT2D eigenvalue weighted by molar-refractivity contribution is 6.13. The quantitative estimate of drug-likeness (QED) is 0.0907. The van der Waals surface area contributed by atoms with Crippen LogP contribution in [-0.2, 0) is 6.18 Å². The number of hydrogen-bond acceptors (Lipinski definition) is 2. The van der Waals surface area contributed by atoms with Gasteiger partial charge < -0.3 is 9.13 Å². The van der Waals surface area contributed by atoms with Crippen molar-refractivity contribution in [2.24, 2.45) is 0 Å². The Hall–Kier alpha value is -8.90. The molecule has 0 bridgehead atoms. The Bertz CT molecular complexity index is 3850. The number of alkyl halides is 3. The summed E-state index contributed by atoms with van der Waals surface area (Å²) >= 11 is 0. The van der Waals surface area contributed by atoms with Gasteiger partial charge in [0.25, 0.3) is 0 Å². The third-order valence-corrected chi connectivity index (χ3v) is 13.0. The molecule has 0 aliphatic heterocycles. The van der Waals surface area contributed by atoms with E-state index >= 15 is 35.1 Å². The highest BCUT2D eigenvalue weighted by atomic mass is 19.4. The lowest BCUT2D eigenvalue weighted by atomic mass is 9.95.